The molecule has 9 heterocycles. The Morgan fingerprint density at radius 2 is 0.833 bits per heavy atom. The molecular formula is C48H64ClN17. The van der Waals surface area contributed by atoms with Gasteiger partial charge in [-0.1, -0.05) is 0 Å². The topological polar surface area (TPSA) is 201 Å². The fourth-order valence-corrected chi connectivity index (χ4v) is 12.5. The molecule has 3 unspecified atom stereocenters. The van der Waals surface area contributed by atoms with E-state index in [0.717, 1.165) is 125 Å². The number of H-pyrrole nitrogens is 3. The zero-order valence-electron chi connectivity index (χ0n) is 38.4. The molecule has 6 fully saturated rings. The van der Waals surface area contributed by atoms with Crippen LogP contribution in [0.25, 0.3) is 33.1 Å². The highest BCUT2D eigenvalue weighted by atomic mass is 35.5. The predicted octanol–water partition coefficient (Wildman–Crippen LogP) is 5.85. The standard InChI is InChI=1S/2C17H22N6.C14H19N5.ClH/c2*1-22(17-15-3-5-19-16(15)20-11-21-17)14-7-12-9-23(6-2-4-18)10-13(12)8-14;1-19(11-4-9-6-15-7-10(9)5-11)14-12-2-3-16-13(12)17-8-18-14;/h2*3,5,11-14H,2,6-10H2,1H3,(H,19,20,21);2-3,8-11,15H,4-7H2,1H3,(H,16,17,18);1H/t2*12-,13+,14?;9-,10+,11?;. The summed E-state index contributed by atoms with van der Waals surface area (Å²) in [6.07, 6.45) is 19.5. The third-order valence-corrected chi connectivity index (χ3v) is 16.0. The van der Waals surface area contributed by atoms with Crippen LogP contribution in [-0.4, -0.2) is 146 Å². The van der Waals surface area contributed by atoms with E-state index >= 15 is 0 Å². The maximum absolute atomic E-state index is 8.74. The predicted molar refractivity (Wildman–Crippen MR) is 260 cm³/mol. The highest BCUT2D eigenvalue weighted by Crippen LogP contribution is 2.43. The molecule has 3 saturated heterocycles. The highest BCUT2D eigenvalue weighted by Gasteiger charge is 2.44. The smallest absolute Gasteiger partial charge is 0.142 e. The van der Waals surface area contributed by atoms with Crippen molar-refractivity contribution in [3.05, 3.63) is 55.8 Å². The average molecular weight is 915 g/mol. The minimum absolute atomic E-state index is 0. The molecule has 12 rings (SSSR count). The van der Waals surface area contributed by atoms with Crippen molar-refractivity contribution in [1.82, 2.24) is 60.0 Å². The zero-order chi connectivity index (χ0) is 44.4. The van der Waals surface area contributed by atoms with Gasteiger partial charge in [-0.2, -0.15) is 10.5 Å². The van der Waals surface area contributed by atoms with Crippen molar-refractivity contribution in [3.63, 3.8) is 0 Å². The van der Waals surface area contributed by atoms with Gasteiger partial charge < -0.3 is 44.8 Å². The number of aromatic amines is 3. The van der Waals surface area contributed by atoms with Crippen LogP contribution in [0.4, 0.5) is 17.5 Å². The summed E-state index contributed by atoms with van der Waals surface area (Å²) in [6, 6.07) is 12.4. The average Bonchev–Trinajstić information content (AvgIpc) is 4.16. The minimum Gasteiger partial charge on any atom is -0.356 e. The maximum atomic E-state index is 8.74. The molecular weight excluding hydrogens is 850 g/mol. The first-order valence-corrected chi connectivity index (χ1v) is 23.8. The SMILES string of the molecule is CN(c1ncnc2[nH]ccc12)C1C[C@@H]2CN(CCC#N)C[C@@H]2C1.CN(c1ncnc2[nH]ccc12)C1C[C@@H]2CN(CCC#N)C[C@@H]2C1.CN(c1ncnc2[nH]ccc12)C1C[C@H]2CNC[C@H]2C1.Cl. The van der Waals surface area contributed by atoms with E-state index in [9.17, 15) is 0 Å². The number of hydrogen-bond acceptors (Lipinski definition) is 14. The van der Waals surface area contributed by atoms with Gasteiger partial charge in [0.15, 0.2) is 0 Å². The van der Waals surface area contributed by atoms with Crippen molar-refractivity contribution in [3.8, 4) is 12.1 Å². The summed E-state index contributed by atoms with van der Waals surface area (Å²) in [5.41, 5.74) is 2.74. The molecule has 3 aliphatic heterocycles. The second kappa shape index (κ2) is 20.1. The van der Waals surface area contributed by atoms with E-state index in [2.05, 4.69) is 126 Å². The molecule has 6 aromatic rings. The number of likely N-dealkylation sites (tertiary alicyclic amines) is 2. The van der Waals surface area contributed by atoms with Crippen LogP contribution in [0.3, 0.4) is 0 Å². The monoisotopic (exact) mass is 914 g/mol. The molecule has 348 valence electrons. The third-order valence-electron chi connectivity index (χ3n) is 16.0. The molecule has 3 saturated carbocycles. The first-order valence-electron chi connectivity index (χ1n) is 23.8. The molecule has 18 heteroatoms. The summed E-state index contributed by atoms with van der Waals surface area (Å²) in [4.78, 5) is 47.8. The number of halogens is 1. The number of hydrogen-bond donors (Lipinski definition) is 4. The second-order valence-electron chi connectivity index (χ2n) is 19.6. The van der Waals surface area contributed by atoms with Crippen molar-refractivity contribution in [2.75, 3.05) is 88.2 Å². The van der Waals surface area contributed by atoms with Crippen LogP contribution in [0.5, 0.6) is 0 Å². The van der Waals surface area contributed by atoms with Gasteiger partial charge in [0.2, 0.25) is 0 Å². The van der Waals surface area contributed by atoms with E-state index in [1.54, 1.807) is 19.0 Å². The zero-order valence-corrected chi connectivity index (χ0v) is 39.2. The number of anilines is 3. The first kappa shape index (κ1) is 45.6. The maximum Gasteiger partial charge on any atom is 0.142 e. The lowest BCUT2D eigenvalue weighted by Crippen LogP contribution is -2.33. The van der Waals surface area contributed by atoms with E-state index < -0.39 is 0 Å². The Labute approximate surface area is 393 Å². The molecule has 0 amide bonds. The van der Waals surface area contributed by atoms with Crippen LogP contribution < -0.4 is 20.0 Å². The summed E-state index contributed by atoms with van der Waals surface area (Å²) in [6.45, 7) is 8.86. The summed E-state index contributed by atoms with van der Waals surface area (Å²) < 4.78 is 0. The molecule has 4 N–H and O–H groups in total. The van der Waals surface area contributed by atoms with Crippen LogP contribution >= 0.6 is 12.4 Å². The van der Waals surface area contributed by atoms with Gasteiger partial charge in [0.05, 0.1) is 28.3 Å². The molecule has 17 nitrogen and oxygen atoms in total. The van der Waals surface area contributed by atoms with Gasteiger partial charge in [-0.15, -0.1) is 12.4 Å². The summed E-state index contributed by atoms with van der Waals surface area (Å²) >= 11 is 0. The lowest BCUT2D eigenvalue weighted by molar-refractivity contribution is 0.313. The molecule has 0 radical (unpaired) electrons. The van der Waals surface area contributed by atoms with Crippen molar-refractivity contribution in [2.45, 2.75) is 69.5 Å². The van der Waals surface area contributed by atoms with Crippen LogP contribution in [0.15, 0.2) is 55.8 Å². The van der Waals surface area contributed by atoms with Gasteiger partial charge in [-0.25, -0.2) is 29.9 Å². The van der Waals surface area contributed by atoms with Crippen LogP contribution in [0.2, 0.25) is 0 Å². The van der Waals surface area contributed by atoms with Crippen molar-refractivity contribution < 1.29 is 0 Å². The minimum atomic E-state index is 0. The van der Waals surface area contributed by atoms with Crippen LogP contribution in [-0.2, 0) is 0 Å². The summed E-state index contributed by atoms with van der Waals surface area (Å²) in [5.74, 6) is 7.91. The van der Waals surface area contributed by atoms with Gasteiger partial charge in [0, 0.05) is 110 Å². The van der Waals surface area contributed by atoms with E-state index in [1.165, 1.54) is 51.6 Å². The van der Waals surface area contributed by atoms with E-state index in [0.29, 0.717) is 31.0 Å². The van der Waals surface area contributed by atoms with E-state index in [-0.39, 0.29) is 12.4 Å². The first-order chi connectivity index (χ1) is 31.8. The number of aromatic nitrogens is 9. The summed E-state index contributed by atoms with van der Waals surface area (Å²) in [5, 5.41) is 24.3. The van der Waals surface area contributed by atoms with Gasteiger partial charge in [0.25, 0.3) is 0 Å². The Morgan fingerprint density at radius 3 is 1.15 bits per heavy atom. The van der Waals surface area contributed by atoms with Crippen molar-refractivity contribution in [1.29, 1.82) is 10.5 Å². The highest BCUT2D eigenvalue weighted by molar-refractivity contribution is 5.88. The molecule has 0 spiro atoms. The van der Waals surface area contributed by atoms with Gasteiger partial charge in [-0.05, 0) is 105 Å². The summed E-state index contributed by atoms with van der Waals surface area (Å²) in [7, 11) is 6.50. The second-order valence-corrected chi connectivity index (χ2v) is 19.6. The number of nitriles is 2. The fourth-order valence-electron chi connectivity index (χ4n) is 12.5. The Bertz CT molecular complexity index is 2460. The van der Waals surface area contributed by atoms with Crippen molar-refractivity contribution >= 4 is 63.0 Å². The van der Waals surface area contributed by atoms with E-state index in [4.69, 9.17) is 10.5 Å². The molecule has 9 atom stereocenters. The molecule has 0 bridgehead atoms. The van der Waals surface area contributed by atoms with Gasteiger partial charge >= 0.3 is 0 Å². The Morgan fingerprint density at radius 1 is 0.515 bits per heavy atom. The molecule has 0 aromatic carbocycles. The largest absolute Gasteiger partial charge is 0.356 e. The lowest BCUT2D eigenvalue weighted by atomic mass is 10.0. The van der Waals surface area contributed by atoms with Gasteiger partial charge in [0.1, 0.15) is 53.4 Å². The quantitative estimate of drug-likeness (QED) is 0.128. The Hall–Kier alpha value is -5.59. The Kier molecular flexibility index (Phi) is 13.9. The number of rotatable bonds is 10. The Balaban J connectivity index is 0.000000124. The molecule has 6 aliphatic rings. The number of nitrogens with one attached hydrogen (secondary N) is 4. The molecule has 66 heavy (non-hydrogen) atoms. The van der Waals surface area contributed by atoms with Crippen LogP contribution in [0, 0.1) is 58.2 Å². The van der Waals surface area contributed by atoms with E-state index in [1.807, 2.05) is 18.6 Å². The van der Waals surface area contributed by atoms with Gasteiger partial charge in [-0.3, -0.25) is 0 Å². The number of fused-ring (bicyclic) bond motifs is 6. The number of nitrogens with zero attached hydrogens (tertiary/aromatic N) is 13. The normalized spacial score (nSPS) is 27.6. The molecule has 6 aromatic heterocycles. The lowest BCUT2D eigenvalue weighted by Gasteiger charge is -2.27. The van der Waals surface area contributed by atoms with Crippen molar-refractivity contribution in [2.24, 2.45) is 35.5 Å². The fraction of sp³-hybridized carbons (Fsp3) is 0.583. The molecule has 3 aliphatic carbocycles. The third kappa shape index (κ3) is 9.23. The van der Waals surface area contributed by atoms with Crippen LogP contribution in [0.1, 0.15) is 51.4 Å².